The van der Waals surface area contributed by atoms with E-state index in [9.17, 15) is 4.39 Å². The van der Waals surface area contributed by atoms with Crippen LogP contribution in [0.1, 0.15) is 102 Å². The van der Waals surface area contributed by atoms with Crippen LogP contribution in [-0.4, -0.2) is 12.7 Å². The van der Waals surface area contributed by atoms with Gasteiger partial charge in [-0.25, -0.2) is 4.39 Å². The molecule has 0 amide bonds. The number of halogens is 1. The van der Waals surface area contributed by atoms with Gasteiger partial charge in [0, 0.05) is 6.61 Å². The quantitative estimate of drug-likeness (QED) is 0.399. The summed E-state index contributed by atoms with van der Waals surface area (Å²) in [5, 5.41) is 0. The highest BCUT2D eigenvalue weighted by molar-refractivity contribution is 5.28. The van der Waals surface area contributed by atoms with Gasteiger partial charge in [0.25, 0.3) is 0 Å². The molecule has 1 nitrogen and oxygen atoms in total. The molecule has 0 spiro atoms. The zero-order valence-electron chi connectivity index (χ0n) is 19.8. The van der Waals surface area contributed by atoms with Crippen LogP contribution in [0, 0.1) is 29.5 Å². The van der Waals surface area contributed by atoms with Crippen molar-refractivity contribution < 1.29 is 9.13 Å². The average Bonchev–Trinajstić information content (AvgIpc) is 2.80. The summed E-state index contributed by atoms with van der Waals surface area (Å²) < 4.78 is 20.5. The molecule has 3 saturated carbocycles. The summed E-state index contributed by atoms with van der Waals surface area (Å²) in [7, 11) is 0. The van der Waals surface area contributed by atoms with E-state index in [-0.39, 0.29) is 5.82 Å². The molecule has 3 fully saturated rings. The Balaban J connectivity index is 1.28. The third kappa shape index (κ3) is 5.81. The molecular formula is C29H43FO. The van der Waals surface area contributed by atoms with Crippen molar-refractivity contribution in [3.05, 3.63) is 47.3 Å². The SMILES string of the molecule is C/C=C/CCc1ccc(C2CCC3CC(C4CCC(OCC)CC4)CCC3C2)cc1F. The van der Waals surface area contributed by atoms with Gasteiger partial charge in [-0.3, -0.25) is 0 Å². The molecule has 0 aliphatic heterocycles. The molecule has 0 N–H and O–H groups in total. The summed E-state index contributed by atoms with van der Waals surface area (Å²) in [5.74, 6) is 4.26. The van der Waals surface area contributed by atoms with Crippen molar-refractivity contribution in [2.45, 2.75) is 103 Å². The van der Waals surface area contributed by atoms with Gasteiger partial charge in [0.05, 0.1) is 6.10 Å². The Hall–Kier alpha value is -1.15. The summed E-state index contributed by atoms with van der Waals surface area (Å²) in [6.45, 7) is 5.01. The van der Waals surface area contributed by atoms with Crippen LogP contribution in [0.15, 0.2) is 30.4 Å². The van der Waals surface area contributed by atoms with Crippen LogP contribution in [0.25, 0.3) is 0 Å². The average molecular weight is 427 g/mol. The van der Waals surface area contributed by atoms with E-state index in [4.69, 9.17) is 4.74 Å². The lowest BCUT2D eigenvalue weighted by atomic mass is 9.60. The van der Waals surface area contributed by atoms with Crippen LogP contribution >= 0.6 is 0 Å². The molecule has 0 bridgehead atoms. The molecule has 0 radical (unpaired) electrons. The number of aryl methyl sites for hydroxylation is 1. The molecule has 1 aromatic rings. The largest absolute Gasteiger partial charge is 0.379 e. The third-order valence-electron chi connectivity index (χ3n) is 8.81. The number of ether oxygens (including phenoxy) is 1. The van der Waals surface area contributed by atoms with Gasteiger partial charge in [-0.1, -0.05) is 24.3 Å². The fraction of sp³-hybridized carbons (Fsp3) is 0.724. The number of rotatable bonds is 7. The molecule has 31 heavy (non-hydrogen) atoms. The molecule has 0 aromatic heterocycles. The zero-order chi connectivity index (χ0) is 21.6. The first kappa shape index (κ1) is 23.0. The fourth-order valence-electron chi connectivity index (χ4n) is 7.04. The van der Waals surface area contributed by atoms with E-state index in [2.05, 4.69) is 25.1 Å². The maximum atomic E-state index is 14.7. The lowest BCUT2D eigenvalue weighted by molar-refractivity contribution is 0.00583. The van der Waals surface area contributed by atoms with Gasteiger partial charge < -0.3 is 4.74 Å². The highest BCUT2D eigenvalue weighted by Crippen LogP contribution is 2.50. The Morgan fingerprint density at radius 2 is 1.58 bits per heavy atom. The minimum atomic E-state index is 0.00971. The molecule has 4 atom stereocenters. The Labute approximate surface area is 189 Å². The minimum absolute atomic E-state index is 0.00971. The molecule has 0 saturated heterocycles. The second-order valence-corrected chi connectivity index (χ2v) is 10.6. The highest BCUT2D eigenvalue weighted by atomic mass is 19.1. The van der Waals surface area contributed by atoms with E-state index in [1.54, 1.807) is 0 Å². The van der Waals surface area contributed by atoms with E-state index in [1.807, 2.05) is 19.1 Å². The molecule has 172 valence electrons. The van der Waals surface area contributed by atoms with Crippen molar-refractivity contribution in [1.82, 2.24) is 0 Å². The monoisotopic (exact) mass is 426 g/mol. The topological polar surface area (TPSA) is 9.23 Å². The normalized spacial score (nSPS) is 34.0. The molecule has 4 rings (SSSR count). The van der Waals surface area contributed by atoms with E-state index in [0.717, 1.165) is 48.7 Å². The summed E-state index contributed by atoms with van der Waals surface area (Å²) >= 11 is 0. The zero-order valence-corrected chi connectivity index (χ0v) is 19.8. The molecular weight excluding hydrogens is 383 g/mol. The Morgan fingerprint density at radius 3 is 2.29 bits per heavy atom. The van der Waals surface area contributed by atoms with Crippen LogP contribution < -0.4 is 0 Å². The van der Waals surface area contributed by atoms with Gasteiger partial charge >= 0.3 is 0 Å². The van der Waals surface area contributed by atoms with Crippen LogP contribution in [0.2, 0.25) is 0 Å². The molecule has 2 heteroatoms. The van der Waals surface area contributed by atoms with Crippen LogP contribution in [0.5, 0.6) is 0 Å². The number of allylic oxidation sites excluding steroid dienone is 2. The second-order valence-electron chi connectivity index (χ2n) is 10.6. The van der Waals surface area contributed by atoms with Crippen LogP contribution in [-0.2, 0) is 11.2 Å². The maximum absolute atomic E-state index is 14.7. The standard InChI is InChI=1S/C29H43FO/c1-3-5-6-7-22-8-9-27(20-29(22)30)26-13-12-24-18-23(10-11-25(24)19-26)21-14-16-28(17-15-21)31-4-2/h3,5,8-9,20-21,23-26,28H,4,6-7,10-19H2,1-2H3/b5-3+. The molecule has 1 aromatic carbocycles. The lowest BCUT2D eigenvalue weighted by Gasteiger charge is -2.45. The minimum Gasteiger partial charge on any atom is -0.379 e. The van der Waals surface area contributed by atoms with Crippen LogP contribution in [0.3, 0.4) is 0 Å². The smallest absolute Gasteiger partial charge is 0.126 e. The fourth-order valence-corrected chi connectivity index (χ4v) is 7.04. The molecule has 4 unspecified atom stereocenters. The van der Waals surface area contributed by atoms with Gasteiger partial charge in [-0.05, 0) is 138 Å². The number of hydrogen-bond donors (Lipinski definition) is 0. The number of hydrogen-bond acceptors (Lipinski definition) is 1. The predicted octanol–water partition coefficient (Wildman–Crippen LogP) is 8.23. The molecule has 0 heterocycles. The van der Waals surface area contributed by atoms with Gasteiger partial charge in [0.15, 0.2) is 0 Å². The summed E-state index contributed by atoms with van der Waals surface area (Å²) in [6.07, 6.45) is 19.9. The Kier molecular flexibility index (Phi) is 8.26. The summed E-state index contributed by atoms with van der Waals surface area (Å²) in [5.41, 5.74) is 2.12. The summed E-state index contributed by atoms with van der Waals surface area (Å²) in [6, 6.07) is 6.13. The van der Waals surface area contributed by atoms with Crippen molar-refractivity contribution in [3.8, 4) is 0 Å². The van der Waals surface area contributed by atoms with Crippen molar-refractivity contribution in [2.75, 3.05) is 6.61 Å². The first-order valence-electron chi connectivity index (χ1n) is 13.2. The lowest BCUT2D eigenvalue weighted by Crippen LogP contribution is -2.35. The van der Waals surface area contributed by atoms with E-state index < -0.39 is 0 Å². The maximum Gasteiger partial charge on any atom is 0.126 e. The predicted molar refractivity (Wildman–Crippen MR) is 128 cm³/mol. The van der Waals surface area contributed by atoms with Gasteiger partial charge in [0.1, 0.15) is 5.82 Å². The molecule has 3 aliphatic rings. The van der Waals surface area contributed by atoms with Crippen molar-refractivity contribution >= 4 is 0 Å². The second kappa shape index (κ2) is 11.1. The Bertz CT molecular complexity index is 717. The van der Waals surface area contributed by atoms with Gasteiger partial charge in [0.2, 0.25) is 0 Å². The van der Waals surface area contributed by atoms with E-state index in [1.165, 1.54) is 69.8 Å². The van der Waals surface area contributed by atoms with E-state index >= 15 is 0 Å². The van der Waals surface area contributed by atoms with Crippen molar-refractivity contribution in [3.63, 3.8) is 0 Å². The van der Waals surface area contributed by atoms with Crippen LogP contribution in [0.4, 0.5) is 4.39 Å². The third-order valence-corrected chi connectivity index (χ3v) is 8.81. The van der Waals surface area contributed by atoms with Crippen molar-refractivity contribution in [1.29, 1.82) is 0 Å². The molecule has 3 aliphatic carbocycles. The van der Waals surface area contributed by atoms with E-state index in [0.29, 0.717) is 12.0 Å². The van der Waals surface area contributed by atoms with Gasteiger partial charge in [-0.15, -0.1) is 0 Å². The number of fused-ring (bicyclic) bond motifs is 1. The van der Waals surface area contributed by atoms with Crippen molar-refractivity contribution in [2.24, 2.45) is 23.7 Å². The Morgan fingerprint density at radius 1 is 0.903 bits per heavy atom. The first-order chi connectivity index (χ1) is 15.2. The highest BCUT2D eigenvalue weighted by Gasteiger charge is 2.39. The van der Waals surface area contributed by atoms with Gasteiger partial charge in [-0.2, -0.15) is 0 Å². The first-order valence-corrected chi connectivity index (χ1v) is 13.2. The summed E-state index contributed by atoms with van der Waals surface area (Å²) in [4.78, 5) is 0. The number of benzene rings is 1.